The van der Waals surface area contributed by atoms with Crippen LogP contribution in [0.3, 0.4) is 0 Å². The van der Waals surface area contributed by atoms with Crippen LogP contribution in [0.15, 0.2) is 30.6 Å². The van der Waals surface area contributed by atoms with Crippen LogP contribution >= 0.6 is 0 Å². The molecule has 0 aliphatic carbocycles. The molecule has 1 aromatic rings. The first-order chi connectivity index (χ1) is 4.79. The van der Waals surface area contributed by atoms with Crippen molar-refractivity contribution >= 4 is 11.4 Å². The van der Waals surface area contributed by atoms with E-state index in [1.54, 1.807) is 18.2 Å². The molecule has 11 heavy (non-hydrogen) atoms. The molecule has 0 aliphatic rings. The summed E-state index contributed by atoms with van der Waals surface area (Å²) in [4.78, 5) is 0. The lowest BCUT2D eigenvalue weighted by Crippen LogP contribution is -3.00. The van der Waals surface area contributed by atoms with Crippen molar-refractivity contribution in [1.29, 1.82) is 0 Å². The first-order valence-electron chi connectivity index (χ1n) is 2.53. The number of rotatable bonds is 2. The highest BCUT2D eigenvalue weighted by Crippen LogP contribution is 1.74. The van der Waals surface area contributed by atoms with Gasteiger partial charge in [0.15, 0.2) is 0 Å². The Labute approximate surface area is 77.0 Å². The molecule has 1 rings (SSSR count). The van der Waals surface area contributed by atoms with Gasteiger partial charge in [-0.05, 0) is 0 Å². The summed E-state index contributed by atoms with van der Waals surface area (Å²) in [5, 5.41) is 0. The summed E-state index contributed by atoms with van der Waals surface area (Å²) in [6, 6.07) is 5.08. The molecule has 1 atom stereocenters. The van der Waals surface area contributed by atoms with Crippen LogP contribution in [0.4, 0.5) is 0 Å². The molecule has 0 saturated carbocycles. The second-order valence-corrected chi connectivity index (χ2v) is 2.07. The second-order valence-electron chi connectivity index (χ2n) is 1.51. The maximum absolute atomic E-state index is 9.93. The standard InChI is InChI=1S/C5H5NO3S.BrH/c7-10(8)9-6-4-2-1-3-5-6;/h1-5H;1H/p-1. The minimum Gasteiger partial charge on any atom is -1.00 e. The largest absolute Gasteiger partial charge is 1.00 e. The van der Waals surface area contributed by atoms with E-state index in [0.29, 0.717) is 0 Å². The van der Waals surface area contributed by atoms with Crippen molar-refractivity contribution in [2.75, 3.05) is 0 Å². The molecular weight excluding hydrogens is 234 g/mol. The third-order valence-electron chi connectivity index (χ3n) is 0.835. The maximum atomic E-state index is 9.93. The molecule has 4 nitrogen and oxygen atoms in total. The van der Waals surface area contributed by atoms with E-state index >= 15 is 0 Å². The highest BCUT2D eigenvalue weighted by atomic mass is 79.9. The van der Waals surface area contributed by atoms with Crippen molar-refractivity contribution in [2.45, 2.75) is 0 Å². The van der Waals surface area contributed by atoms with E-state index in [1.807, 2.05) is 0 Å². The molecule has 0 amide bonds. The molecule has 0 aliphatic heterocycles. The van der Waals surface area contributed by atoms with Crippen LogP contribution in [-0.2, 0) is 11.4 Å². The molecular formula is C5H5BrNO3S-. The summed E-state index contributed by atoms with van der Waals surface area (Å²) in [6.45, 7) is 0. The van der Waals surface area contributed by atoms with Gasteiger partial charge in [0.05, 0.1) is 0 Å². The molecule has 0 N–H and O–H groups in total. The van der Waals surface area contributed by atoms with Gasteiger partial charge in [-0.1, -0.05) is 6.07 Å². The van der Waals surface area contributed by atoms with E-state index in [1.165, 1.54) is 12.4 Å². The minimum absolute atomic E-state index is 0. The van der Waals surface area contributed by atoms with Crippen LogP contribution in [0.5, 0.6) is 0 Å². The summed E-state index contributed by atoms with van der Waals surface area (Å²) in [5.74, 6) is 0. The molecule has 1 aromatic heterocycles. The Morgan fingerprint density at radius 3 is 2.27 bits per heavy atom. The van der Waals surface area contributed by atoms with Gasteiger partial charge in [-0.15, -0.1) is 0 Å². The summed E-state index contributed by atoms with van der Waals surface area (Å²) >= 11 is -2.50. The molecule has 6 heteroatoms. The van der Waals surface area contributed by atoms with Crippen molar-refractivity contribution in [3.8, 4) is 0 Å². The molecule has 1 heterocycles. The topological polar surface area (TPSA) is 53.2 Å². The van der Waals surface area contributed by atoms with Gasteiger partial charge in [0.25, 0.3) is 0 Å². The predicted octanol–water partition coefficient (Wildman–Crippen LogP) is -3.80. The Balaban J connectivity index is 0.000001000. The average molecular weight is 239 g/mol. The molecule has 0 fully saturated rings. The number of aromatic nitrogens is 1. The van der Waals surface area contributed by atoms with Gasteiger partial charge in [-0.3, -0.25) is 0 Å². The van der Waals surface area contributed by atoms with Crippen LogP contribution in [-0.4, -0.2) is 8.76 Å². The predicted molar refractivity (Wildman–Crippen MR) is 32.1 cm³/mol. The van der Waals surface area contributed by atoms with E-state index in [-0.39, 0.29) is 17.0 Å². The van der Waals surface area contributed by atoms with Gasteiger partial charge in [0, 0.05) is 16.9 Å². The summed E-state index contributed by atoms with van der Waals surface area (Å²) < 4.78 is 25.2. The highest BCUT2D eigenvalue weighted by Gasteiger charge is 1.95. The van der Waals surface area contributed by atoms with Gasteiger partial charge < -0.3 is 21.5 Å². The van der Waals surface area contributed by atoms with Gasteiger partial charge in [-0.25, -0.2) is 4.21 Å². The Bertz CT molecular complexity index is 230. The number of nitrogens with zero attached hydrogens (tertiary/aromatic N) is 1. The van der Waals surface area contributed by atoms with Crippen molar-refractivity contribution in [2.24, 2.45) is 0 Å². The fraction of sp³-hybridized carbons (Fsp3) is 0. The van der Waals surface area contributed by atoms with Crippen molar-refractivity contribution < 1.29 is 34.8 Å². The average Bonchev–Trinajstić information content (AvgIpc) is 1.88. The molecule has 0 spiro atoms. The molecule has 62 valence electrons. The highest BCUT2D eigenvalue weighted by molar-refractivity contribution is 7.74. The van der Waals surface area contributed by atoms with Gasteiger partial charge in [0.1, 0.15) is 0 Å². The number of hydrogen-bond acceptors (Lipinski definition) is 3. The first-order valence-corrected chi connectivity index (χ1v) is 3.53. The van der Waals surface area contributed by atoms with Gasteiger partial charge in [0.2, 0.25) is 23.8 Å². The lowest BCUT2D eigenvalue weighted by Gasteiger charge is -1.96. The second kappa shape index (κ2) is 5.22. The van der Waals surface area contributed by atoms with Crippen LogP contribution in [0.2, 0.25) is 0 Å². The molecule has 1 unspecified atom stereocenters. The van der Waals surface area contributed by atoms with Crippen LogP contribution in [0, 0.1) is 0 Å². The van der Waals surface area contributed by atoms with E-state index in [2.05, 4.69) is 4.28 Å². The third-order valence-corrected chi connectivity index (χ3v) is 1.13. The number of pyridine rings is 1. The van der Waals surface area contributed by atoms with Gasteiger partial charge in [-0.2, -0.15) is 4.28 Å². The summed E-state index contributed by atoms with van der Waals surface area (Å²) in [5.41, 5.74) is 0. The number of hydrogen-bond donors (Lipinski definition) is 0. The monoisotopic (exact) mass is 238 g/mol. The summed E-state index contributed by atoms with van der Waals surface area (Å²) in [6.07, 6.45) is 2.96. The van der Waals surface area contributed by atoms with E-state index in [9.17, 15) is 8.76 Å². The maximum Gasteiger partial charge on any atom is 0.224 e. The van der Waals surface area contributed by atoms with Crippen LogP contribution < -0.4 is 26.0 Å². The SMILES string of the molecule is O=S([O-])O[n+]1ccccc1.[Br-]. The normalized spacial score (nSPS) is 11.4. The fourth-order valence-corrected chi connectivity index (χ4v) is 0.743. The smallest absolute Gasteiger partial charge is 0.224 e. The quantitative estimate of drug-likeness (QED) is 0.393. The van der Waals surface area contributed by atoms with E-state index in [0.717, 1.165) is 4.73 Å². The fourth-order valence-electron chi connectivity index (χ4n) is 0.503. The van der Waals surface area contributed by atoms with E-state index in [4.69, 9.17) is 0 Å². The first kappa shape index (κ1) is 10.5. The third kappa shape index (κ3) is 4.07. The lowest BCUT2D eigenvalue weighted by atomic mass is 10.5. The van der Waals surface area contributed by atoms with Crippen molar-refractivity contribution in [1.82, 2.24) is 0 Å². The van der Waals surface area contributed by atoms with Gasteiger partial charge >= 0.3 is 0 Å². The zero-order valence-corrected chi connectivity index (χ0v) is 7.75. The molecule has 0 bridgehead atoms. The zero-order chi connectivity index (χ0) is 7.40. The zero-order valence-electron chi connectivity index (χ0n) is 5.34. The Hall–Kier alpha value is -0.460. The Morgan fingerprint density at radius 2 is 1.82 bits per heavy atom. The number of halogens is 1. The molecule has 0 radical (unpaired) electrons. The Morgan fingerprint density at radius 1 is 1.27 bits per heavy atom. The van der Waals surface area contributed by atoms with Crippen LogP contribution in [0.25, 0.3) is 0 Å². The van der Waals surface area contributed by atoms with Crippen LogP contribution in [0.1, 0.15) is 0 Å². The van der Waals surface area contributed by atoms with E-state index < -0.39 is 11.4 Å². The van der Waals surface area contributed by atoms with Crippen molar-refractivity contribution in [3.63, 3.8) is 0 Å². The molecule has 0 saturated heterocycles. The Kier molecular flexibility index (Phi) is 5.01. The summed E-state index contributed by atoms with van der Waals surface area (Å²) in [7, 11) is 0. The lowest BCUT2D eigenvalue weighted by molar-refractivity contribution is -0.856. The van der Waals surface area contributed by atoms with Crippen molar-refractivity contribution in [3.05, 3.63) is 30.6 Å². The molecule has 0 aromatic carbocycles. The minimum atomic E-state index is -2.50.